The number of hydrogen-bond acceptors (Lipinski definition) is 3. The summed E-state index contributed by atoms with van der Waals surface area (Å²) in [5.74, 6) is 1.06. The molecule has 0 aliphatic carbocycles. The smallest absolute Gasteiger partial charge is 0.142 e. The van der Waals surface area contributed by atoms with E-state index in [9.17, 15) is 4.79 Å². The Bertz CT molecular complexity index is 132. The van der Waals surface area contributed by atoms with Gasteiger partial charge in [-0.25, -0.2) is 0 Å². The van der Waals surface area contributed by atoms with E-state index >= 15 is 0 Å². The van der Waals surface area contributed by atoms with Crippen LogP contribution in [0.15, 0.2) is 0 Å². The maximum atomic E-state index is 11.0. The van der Waals surface area contributed by atoms with Crippen LogP contribution in [0.5, 0.6) is 0 Å². The maximum absolute atomic E-state index is 11.0. The van der Waals surface area contributed by atoms with Crippen molar-refractivity contribution in [2.24, 2.45) is 0 Å². The topological polar surface area (TPSA) is 26.3 Å². The Morgan fingerprint density at radius 3 is 2.82 bits per heavy atom. The van der Waals surface area contributed by atoms with Crippen LogP contribution in [0.4, 0.5) is 0 Å². The molecule has 64 valence electrons. The first kappa shape index (κ1) is 9.07. The Hall–Kier alpha value is -0.0200. The van der Waals surface area contributed by atoms with Gasteiger partial charge in [0.2, 0.25) is 0 Å². The molecule has 1 aliphatic heterocycles. The molecule has 0 aromatic heterocycles. The molecule has 0 unspecified atom stereocenters. The minimum atomic E-state index is 0.379. The molecule has 1 aliphatic rings. The number of hydrogen-bond donors (Lipinski definition) is 0. The molecule has 0 bridgehead atoms. The van der Waals surface area contributed by atoms with Crippen LogP contribution in [-0.4, -0.2) is 30.0 Å². The summed E-state index contributed by atoms with van der Waals surface area (Å²) in [5.41, 5.74) is 0. The first-order chi connectivity index (χ1) is 5.33. The SMILES string of the molecule is CCCC(=O)CSC1COC1. The van der Waals surface area contributed by atoms with Gasteiger partial charge in [-0.1, -0.05) is 6.92 Å². The molecule has 1 heterocycles. The van der Waals surface area contributed by atoms with Crippen molar-refractivity contribution in [2.75, 3.05) is 19.0 Å². The quantitative estimate of drug-likeness (QED) is 0.631. The summed E-state index contributed by atoms with van der Waals surface area (Å²) in [6.45, 7) is 3.71. The average molecular weight is 174 g/mol. The second kappa shape index (κ2) is 4.78. The fourth-order valence-electron chi connectivity index (χ4n) is 0.872. The van der Waals surface area contributed by atoms with Gasteiger partial charge >= 0.3 is 0 Å². The molecule has 1 fully saturated rings. The zero-order valence-corrected chi connectivity index (χ0v) is 7.65. The Labute approximate surface area is 71.7 Å². The zero-order chi connectivity index (χ0) is 8.10. The maximum Gasteiger partial charge on any atom is 0.142 e. The lowest BCUT2D eigenvalue weighted by molar-refractivity contribution is -0.116. The molecule has 0 aromatic carbocycles. The lowest BCUT2D eigenvalue weighted by Gasteiger charge is -2.24. The van der Waals surface area contributed by atoms with Gasteiger partial charge in [0, 0.05) is 6.42 Å². The van der Waals surface area contributed by atoms with Gasteiger partial charge in [0.25, 0.3) is 0 Å². The highest BCUT2D eigenvalue weighted by Crippen LogP contribution is 2.19. The van der Waals surface area contributed by atoms with Crippen LogP contribution in [0.25, 0.3) is 0 Å². The molecular weight excluding hydrogens is 160 g/mol. The van der Waals surface area contributed by atoms with E-state index in [1.54, 1.807) is 11.8 Å². The third kappa shape index (κ3) is 3.25. The Balaban J connectivity index is 1.96. The van der Waals surface area contributed by atoms with Gasteiger partial charge in [-0.15, -0.1) is 11.8 Å². The van der Waals surface area contributed by atoms with E-state index in [2.05, 4.69) is 0 Å². The second-order valence-corrected chi connectivity index (χ2v) is 4.05. The minimum Gasteiger partial charge on any atom is -0.379 e. The summed E-state index contributed by atoms with van der Waals surface area (Å²) in [6.07, 6.45) is 1.71. The van der Waals surface area contributed by atoms with Crippen molar-refractivity contribution in [3.05, 3.63) is 0 Å². The van der Waals surface area contributed by atoms with Crippen molar-refractivity contribution in [3.8, 4) is 0 Å². The first-order valence-electron chi connectivity index (χ1n) is 4.04. The van der Waals surface area contributed by atoms with Gasteiger partial charge < -0.3 is 4.74 Å². The van der Waals surface area contributed by atoms with Crippen molar-refractivity contribution in [1.82, 2.24) is 0 Å². The molecular formula is C8H14O2S. The second-order valence-electron chi connectivity index (χ2n) is 2.76. The van der Waals surface area contributed by atoms with Gasteiger partial charge in [0.15, 0.2) is 0 Å². The predicted octanol–water partition coefficient (Wildman–Crippen LogP) is 1.49. The average Bonchev–Trinajstić information content (AvgIpc) is 1.85. The first-order valence-corrected chi connectivity index (χ1v) is 5.09. The Kier molecular flexibility index (Phi) is 3.94. The molecule has 2 nitrogen and oxygen atoms in total. The standard InChI is InChI=1S/C8H14O2S/c1-2-3-7(9)6-11-8-4-10-5-8/h8H,2-6H2,1H3. The van der Waals surface area contributed by atoms with E-state index in [1.165, 1.54) is 0 Å². The molecule has 0 saturated carbocycles. The van der Waals surface area contributed by atoms with Gasteiger partial charge in [0.05, 0.1) is 24.2 Å². The lowest BCUT2D eigenvalue weighted by Crippen LogP contribution is -2.31. The Morgan fingerprint density at radius 2 is 2.36 bits per heavy atom. The third-order valence-electron chi connectivity index (χ3n) is 1.62. The van der Waals surface area contributed by atoms with Crippen LogP contribution in [0, 0.1) is 0 Å². The van der Waals surface area contributed by atoms with E-state index in [4.69, 9.17) is 4.74 Å². The molecule has 0 spiro atoms. The number of rotatable bonds is 5. The summed E-state index contributed by atoms with van der Waals surface area (Å²) < 4.78 is 4.99. The van der Waals surface area contributed by atoms with E-state index in [1.807, 2.05) is 6.92 Å². The molecule has 3 heteroatoms. The van der Waals surface area contributed by atoms with Crippen LogP contribution in [0.3, 0.4) is 0 Å². The largest absolute Gasteiger partial charge is 0.379 e. The van der Waals surface area contributed by atoms with Gasteiger partial charge in [-0.05, 0) is 6.42 Å². The monoisotopic (exact) mass is 174 g/mol. The third-order valence-corrected chi connectivity index (χ3v) is 2.85. The van der Waals surface area contributed by atoms with E-state index in [0.29, 0.717) is 16.8 Å². The lowest BCUT2D eigenvalue weighted by atomic mass is 10.3. The van der Waals surface area contributed by atoms with E-state index in [-0.39, 0.29) is 0 Å². The molecule has 0 atom stereocenters. The van der Waals surface area contributed by atoms with Crippen LogP contribution in [0.2, 0.25) is 0 Å². The molecule has 11 heavy (non-hydrogen) atoms. The number of carbonyl (C=O) groups is 1. The minimum absolute atomic E-state index is 0.379. The molecule has 1 rings (SSSR count). The normalized spacial score (nSPS) is 17.9. The van der Waals surface area contributed by atoms with Crippen LogP contribution < -0.4 is 0 Å². The number of carbonyl (C=O) groups excluding carboxylic acids is 1. The van der Waals surface area contributed by atoms with Crippen LogP contribution >= 0.6 is 11.8 Å². The van der Waals surface area contributed by atoms with Crippen molar-refractivity contribution >= 4 is 17.5 Å². The fraction of sp³-hybridized carbons (Fsp3) is 0.875. The number of Topliss-reactive ketones (excluding diaryl/α,β-unsaturated/α-hetero) is 1. The van der Waals surface area contributed by atoms with Gasteiger partial charge in [-0.3, -0.25) is 4.79 Å². The van der Waals surface area contributed by atoms with Crippen molar-refractivity contribution < 1.29 is 9.53 Å². The van der Waals surface area contributed by atoms with E-state index < -0.39 is 0 Å². The molecule has 0 amide bonds. The summed E-state index contributed by atoms with van der Waals surface area (Å²) in [6, 6.07) is 0. The van der Waals surface area contributed by atoms with Crippen molar-refractivity contribution in [1.29, 1.82) is 0 Å². The highest BCUT2D eigenvalue weighted by molar-refractivity contribution is 8.00. The molecule has 1 saturated heterocycles. The van der Waals surface area contributed by atoms with Crippen LogP contribution in [-0.2, 0) is 9.53 Å². The summed E-state index contributed by atoms with van der Waals surface area (Å²) >= 11 is 1.74. The van der Waals surface area contributed by atoms with Gasteiger partial charge in [0.1, 0.15) is 5.78 Å². The number of ether oxygens (including phenoxy) is 1. The summed E-state index contributed by atoms with van der Waals surface area (Å²) in [4.78, 5) is 11.0. The molecule has 0 radical (unpaired) electrons. The number of thioether (sulfide) groups is 1. The highest BCUT2D eigenvalue weighted by Gasteiger charge is 2.19. The Morgan fingerprint density at radius 1 is 1.64 bits per heavy atom. The predicted molar refractivity (Wildman–Crippen MR) is 47.0 cm³/mol. The zero-order valence-electron chi connectivity index (χ0n) is 6.84. The fourth-order valence-corrected chi connectivity index (χ4v) is 1.82. The number of ketones is 1. The molecule has 0 N–H and O–H groups in total. The van der Waals surface area contributed by atoms with E-state index in [0.717, 1.165) is 26.1 Å². The molecule has 0 aromatic rings. The summed E-state index contributed by atoms with van der Waals surface area (Å²) in [5, 5.41) is 0.593. The highest BCUT2D eigenvalue weighted by atomic mass is 32.2. The van der Waals surface area contributed by atoms with Gasteiger partial charge in [-0.2, -0.15) is 0 Å². The van der Waals surface area contributed by atoms with Crippen molar-refractivity contribution in [2.45, 2.75) is 25.0 Å². The van der Waals surface area contributed by atoms with Crippen LogP contribution in [0.1, 0.15) is 19.8 Å². The van der Waals surface area contributed by atoms with Crippen molar-refractivity contribution in [3.63, 3.8) is 0 Å². The summed E-state index contributed by atoms with van der Waals surface area (Å²) in [7, 11) is 0.